The lowest BCUT2D eigenvalue weighted by atomic mass is 10.3. The van der Waals surface area contributed by atoms with Crippen LogP contribution in [-0.2, 0) is 11.2 Å². The summed E-state index contributed by atoms with van der Waals surface area (Å²) in [6.45, 7) is 2.34. The van der Waals surface area contributed by atoms with Gasteiger partial charge in [-0.25, -0.2) is 9.78 Å². The first-order valence-corrected chi connectivity index (χ1v) is 6.57. The van der Waals surface area contributed by atoms with Crippen LogP contribution in [0.15, 0.2) is 0 Å². The number of hydrogen-bond acceptors (Lipinski definition) is 5. The number of aryl methyl sites for hydroxylation is 1. The number of carbonyl (C=O) groups excluding carboxylic acids is 1. The molecule has 0 radical (unpaired) electrons. The van der Waals surface area contributed by atoms with E-state index in [0.29, 0.717) is 30.2 Å². The van der Waals surface area contributed by atoms with Gasteiger partial charge in [0.2, 0.25) is 5.91 Å². The number of aromatic nitrogens is 1. The molecular formula is C10H12N2O3S2. The molecule has 0 aromatic carbocycles. The molecular weight excluding hydrogens is 260 g/mol. The highest BCUT2D eigenvalue weighted by Gasteiger charge is 2.31. The molecule has 1 fully saturated rings. The number of carbonyl (C=O) groups is 2. The predicted octanol–water partition coefficient (Wildman–Crippen LogP) is 1.44. The van der Waals surface area contributed by atoms with Gasteiger partial charge >= 0.3 is 5.97 Å². The summed E-state index contributed by atoms with van der Waals surface area (Å²) >= 11 is 5.31. The maximum absolute atomic E-state index is 11.7. The molecule has 7 heteroatoms. The van der Waals surface area contributed by atoms with Crippen molar-refractivity contribution in [3.63, 3.8) is 0 Å². The van der Waals surface area contributed by atoms with Gasteiger partial charge in [-0.1, -0.05) is 18.3 Å². The van der Waals surface area contributed by atoms with Crippen LogP contribution < -0.4 is 4.90 Å². The van der Waals surface area contributed by atoms with Crippen molar-refractivity contribution in [1.82, 2.24) is 4.98 Å². The molecule has 5 nitrogen and oxygen atoms in total. The van der Waals surface area contributed by atoms with Crippen LogP contribution in [-0.4, -0.2) is 33.8 Å². The quantitative estimate of drug-likeness (QED) is 0.817. The smallest absolute Gasteiger partial charge is 0.347 e. The lowest BCUT2D eigenvalue weighted by Gasteiger charge is -2.10. The normalized spacial score (nSPS) is 20.0. The van der Waals surface area contributed by atoms with Crippen LogP contribution in [0.4, 0.5) is 5.13 Å². The SMILES string of the molecule is CCc1nc(N2CC(S)CC2=O)sc1C(=O)O. The van der Waals surface area contributed by atoms with E-state index in [1.165, 1.54) is 4.90 Å². The van der Waals surface area contributed by atoms with Gasteiger partial charge in [-0.15, -0.1) is 0 Å². The van der Waals surface area contributed by atoms with Crippen LogP contribution in [0.3, 0.4) is 0 Å². The lowest BCUT2D eigenvalue weighted by Crippen LogP contribution is -2.24. The largest absolute Gasteiger partial charge is 0.477 e. The number of hydrogen-bond donors (Lipinski definition) is 2. The molecule has 0 saturated carbocycles. The Kier molecular flexibility index (Phi) is 3.39. The van der Waals surface area contributed by atoms with Crippen molar-refractivity contribution >= 4 is 41.0 Å². The summed E-state index contributed by atoms with van der Waals surface area (Å²) < 4.78 is 0. The summed E-state index contributed by atoms with van der Waals surface area (Å²) in [6, 6.07) is 0. The molecule has 0 spiro atoms. The fourth-order valence-electron chi connectivity index (χ4n) is 1.74. The third-order valence-corrected chi connectivity index (χ3v) is 4.01. The first kappa shape index (κ1) is 12.4. The minimum Gasteiger partial charge on any atom is -0.477 e. The van der Waals surface area contributed by atoms with Gasteiger partial charge in [-0.05, 0) is 6.42 Å². The number of carboxylic acids is 1. The first-order chi connectivity index (χ1) is 8.02. The van der Waals surface area contributed by atoms with Crippen LogP contribution in [0.1, 0.15) is 28.7 Å². The summed E-state index contributed by atoms with van der Waals surface area (Å²) in [5, 5.41) is 9.50. The van der Waals surface area contributed by atoms with Crippen LogP contribution in [0, 0.1) is 0 Å². The van der Waals surface area contributed by atoms with E-state index in [1.54, 1.807) is 0 Å². The maximum atomic E-state index is 11.7. The number of thiazole rings is 1. The van der Waals surface area contributed by atoms with Gasteiger partial charge in [-0.3, -0.25) is 9.69 Å². The van der Waals surface area contributed by atoms with Crippen molar-refractivity contribution in [2.24, 2.45) is 0 Å². The van der Waals surface area contributed by atoms with Gasteiger partial charge in [0.05, 0.1) is 5.69 Å². The van der Waals surface area contributed by atoms with Gasteiger partial charge in [0.1, 0.15) is 4.88 Å². The molecule has 17 heavy (non-hydrogen) atoms. The molecule has 1 amide bonds. The number of amides is 1. The van der Waals surface area contributed by atoms with Gasteiger partial charge in [0, 0.05) is 18.2 Å². The highest BCUT2D eigenvalue weighted by molar-refractivity contribution is 7.81. The van der Waals surface area contributed by atoms with Crippen LogP contribution in [0.5, 0.6) is 0 Å². The standard InChI is InChI=1S/C10H12N2O3S2/c1-2-6-8(9(14)15)17-10(11-6)12-4-5(16)3-7(12)13/h5,16H,2-4H2,1H3,(H,14,15). The van der Waals surface area contributed by atoms with E-state index in [0.717, 1.165) is 11.3 Å². The van der Waals surface area contributed by atoms with Crippen molar-refractivity contribution in [1.29, 1.82) is 0 Å². The van der Waals surface area contributed by atoms with E-state index in [4.69, 9.17) is 5.11 Å². The zero-order valence-corrected chi connectivity index (χ0v) is 10.9. The molecule has 0 aliphatic carbocycles. The Morgan fingerprint density at radius 3 is 2.82 bits per heavy atom. The molecule has 0 bridgehead atoms. The highest BCUT2D eigenvalue weighted by Crippen LogP contribution is 2.30. The molecule has 1 aliphatic rings. The Balaban J connectivity index is 2.34. The fourth-order valence-corrected chi connectivity index (χ4v) is 3.07. The van der Waals surface area contributed by atoms with E-state index in [2.05, 4.69) is 17.6 Å². The number of nitrogens with zero attached hydrogens (tertiary/aromatic N) is 2. The van der Waals surface area contributed by atoms with E-state index >= 15 is 0 Å². The number of thiol groups is 1. The molecule has 92 valence electrons. The number of aromatic carboxylic acids is 1. The van der Waals surface area contributed by atoms with Crippen LogP contribution in [0.25, 0.3) is 0 Å². The van der Waals surface area contributed by atoms with Gasteiger partial charge in [-0.2, -0.15) is 12.6 Å². The highest BCUT2D eigenvalue weighted by atomic mass is 32.1. The summed E-state index contributed by atoms with van der Waals surface area (Å²) in [6.07, 6.45) is 0.928. The monoisotopic (exact) mass is 272 g/mol. The van der Waals surface area contributed by atoms with Crippen LogP contribution in [0.2, 0.25) is 0 Å². The second kappa shape index (κ2) is 4.66. The van der Waals surface area contributed by atoms with Gasteiger partial charge < -0.3 is 5.11 Å². The average molecular weight is 272 g/mol. The topological polar surface area (TPSA) is 70.5 Å². The summed E-state index contributed by atoms with van der Waals surface area (Å²) in [5.74, 6) is -1.03. The van der Waals surface area contributed by atoms with E-state index in [9.17, 15) is 9.59 Å². The molecule has 1 aromatic heterocycles. The van der Waals surface area contributed by atoms with E-state index in [-0.39, 0.29) is 16.0 Å². The molecule has 2 rings (SSSR count). The Hall–Kier alpha value is -1.08. The van der Waals surface area contributed by atoms with Crippen molar-refractivity contribution in [3.8, 4) is 0 Å². The molecule has 1 atom stereocenters. The third-order valence-electron chi connectivity index (χ3n) is 2.55. The Labute approximate surface area is 108 Å². The number of anilines is 1. The zero-order valence-electron chi connectivity index (χ0n) is 9.21. The molecule has 1 aromatic rings. The predicted molar refractivity (Wildman–Crippen MR) is 68.2 cm³/mol. The molecule has 1 unspecified atom stereocenters. The van der Waals surface area contributed by atoms with E-state index in [1.807, 2.05) is 6.92 Å². The third kappa shape index (κ3) is 2.30. The summed E-state index contributed by atoms with van der Waals surface area (Å²) in [4.78, 5) is 28.6. The van der Waals surface area contributed by atoms with E-state index < -0.39 is 5.97 Å². The number of rotatable bonds is 3. The van der Waals surface area contributed by atoms with Gasteiger partial charge in [0.15, 0.2) is 5.13 Å². The van der Waals surface area contributed by atoms with Gasteiger partial charge in [0.25, 0.3) is 0 Å². The van der Waals surface area contributed by atoms with Crippen molar-refractivity contribution in [3.05, 3.63) is 10.6 Å². The molecule has 1 saturated heterocycles. The Morgan fingerprint density at radius 2 is 2.41 bits per heavy atom. The Bertz CT molecular complexity index is 472. The molecule has 1 aliphatic heterocycles. The lowest BCUT2D eigenvalue weighted by molar-refractivity contribution is -0.117. The average Bonchev–Trinajstić information content (AvgIpc) is 2.81. The first-order valence-electron chi connectivity index (χ1n) is 5.24. The van der Waals surface area contributed by atoms with Crippen LogP contribution >= 0.6 is 24.0 Å². The Morgan fingerprint density at radius 1 is 1.71 bits per heavy atom. The minimum atomic E-state index is -0.986. The van der Waals surface area contributed by atoms with Crippen molar-refractivity contribution < 1.29 is 14.7 Å². The zero-order chi connectivity index (χ0) is 12.6. The summed E-state index contributed by atoms with van der Waals surface area (Å²) in [5.41, 5.74) is 0.535. The number of carboxylic acid groups (broad SMARTS) is 1. The molecule has 1 N–H and O–H groups in total. The maximum Gasteiger partial charge on any atom is 0.347 e. The fraction of sp³-hybridized carbons (Fsp3) is 0.500. The molecule has 2 heterocycles. The second-order valence-corrected chi connectivity index (χ2v) is 5.50. The summed E-state index contributed by atoms with van der Waals surface area (Å²) in [7, 11) is 0. The van der Waals surface area contributed by atoms with Crippen molar-refractivity contribution in [2.45, 2.75) is 25.0 Å². The van der Waals surface area contributed by atoms with Crippen molar-refractivity contribution in [2.75, 3.05) is 11.4 Å². The second-order valence-electron chi connectivity index (χ2n) is 3.79. The minimum absolute atomic E-state index is 0.00440.